The molecule has 1 aromatic heterocycles. The van der Waals surface area contributed by atoms with Crippen LogP contribution in [0.1, 0.15) is 47.0 Å². The van der Waals surface area contributed by atoms with Crippen molar-refractivity contribution < 1.29 is 19.5 Å². The SMILES string of the molecule is CC1CCCCN1C(=O)c1ccc(NC(=O)Cn2cc(C(=O)O)nn2)cc1. The highest BCUT2D eigenvalue weighted by Gasteiger charge is 2.24. The predicted octanol–water partition coefficient (Wildman–Crippen LogP) is 1.63. The van der Waals surface area contributed by atoms with Crippen molar-refractivity contribution in [2.24, 2.45) is 0 Å². The van der Waals surface area contributed by atoms with Crippen molar-refractivity contribution in [3.05, 3.63) is 41.7 Å². The molecule has 2 amide bonds. The summed E-state index contributed by atoms with van der Waals surface area (Å²) >= 11 is 0. The fourth-order valence-electron chi connectivity index (χ4n) is 3.08. The van der Waals surface area contributed by atoms with Gasteiger partial charge in [-0.25, -0.2) is 9.48 Å². The smallest absolute Gasteiger partial charge is 0.358 e. The zero-order valence-electron chi connectivity index (χ0n) is 15.0. The van der Waals surface area contributed by atoms with Crippen LogP contribution in [0.25, 0.3) is 0 Å². The Morgan fingerprint density at radius 1 is 1.22 bits per heavy atom. The van der Waals surface area contributed by atoms with E-state index in [-0.39, 0.29) is 30.1 Å². The Kier molecular flexibility index (Phi) is 5.49. The van der Waals surface area contributed by atoms with E-state index < -0.39 is 5.97 Å². The molecule has 27 heavy (non-hydrogen) atoms. The third-order valence-corrected chi connectivity index (χ3v) is 4.54. The van der Waals surface area contributed by atoms with Crippen LogP contribution in [-0.2, 0) is 11.3 Å². The molecule has 9 heteroatoms. The molecule has 1 aliphatic rings. The van der Waals surface area contributed by atoms with Gasteiger partial charge >= 0.3 is 5.97 Å². The van der Waals surface area contributed by atoms with Crippen LogP contribution in [0, 0.1) is 0 Å². The monoisotopic (exact) mass is 371 g/mol. The van der Waals surface area contributed by atoms with E-state index in [1.807, 2.05) is 4.90 Å². The molecule has 0 spiro atoms. The maximum absolute atomic E-state index is 12.6. The first-order valence-electron chi connectivity index (χ1n) is 8.78. The average molecular weight is 371 g/mol. The minimum Gasteiger partial charge on any atom is -0.476 e. The van der Waals surface area contributed by atoms with E-state index in [0.29, 0.717) is 11.3 Å². The number of aromatic carboxylic acids is 1. The first-order chi connectivity index (χ1) is 12.9. The quantitative estimate of drug-likeness (QED) is 0.825. The molecule has 1 atom stereocenters. The summed E-state index contributed by atoms with van der Waals surface area (Å²) in [6.07, 6.45) is 4.38. The van der Waals surface area contributed by atoms with E-state index in [9.17, 15) is 14.4 Å². The molecular formula is C18H21N5O4. The van der Waals surface area contributed by atoms with Crippen LogP contribution in [0.3, 0.4) is 0 Å². The normalized spacial score (nSPS) is 16.8. The summed E-state index contributed by atoms with van der Waals surface area (Å²) in [4.78, 5) is 37.3. The van der Waals surface area contributed by atoms with Gasteiger partial charge in [-0.3, -0.25) is 9.59 Å². The minimum atomic E-state index is -1.20. The summed E-state index contributed by atoms with van der Waals surface area (Å²) in [6, 6.07) is 6.96. The molecule has 1 saturated heterocycles. The van der Waals surface area contributed by atoms with Crippen LogP contribution in [0.2, 0.25) is 0 Å². The summed E-state index contributed by atoms with van der Waals surface area (Å²) in [5.74, 6) is -1.57. The number of carbonyl (C=O) groups excluding carboxylic acids is 2. The number of benzene rings is 1. The highest BCUT2D eigenvalue weighted by molar-refractivity contribution is 5.96. The highest BCUT2D eigenvalue weighted by atomic mass is 16.4. The lowest BCUT2D eigenvalue weighted by atomic mass is 10.0. The molecule has 0 aliphatic carbocycles. The molecule has 142 valence electrons. The number of carboxylic acid groups (broad SMARTS) is 1. The minimum absolute atomic E-state index is 0.00360. The maximum atomic E-state index is 12.6. The number of hydrogen-bond donors (Lipinski definition) is 2. The lowest BCUT2D eigenvalue weighted by Crippen LogP contribution is -2.42. The van der Waals surface area contributed by atoms with Crippen molar-refractivity contribution in [1.82, 2.24) is 19.9 Å². The summed E-state index contributed by atoms with van der Waals surface area (Å²) in [6.45, 7) is 2.67. The van der Waals surface area contributed by atoms with Crippen molar-refractivity contribution in [3.63, 3.8) is 0 Å². The lowest BCUT2D eigenvalue weighted by Gasteiger charge is -2.33. The molecule has 0 bridgehead atoms. The van der Waals surface area contributed by atoms with E-state index in [1.54, 1.807) is 24.3 Å². The number of piperidine rings is 1. The first-order valence-corrected chi connectivity index (χ1v) is 8.78. The average Bonchev–Trinajstić information content (AvgIpc) is 3.11. The predicted molar refractivity (Wildman–Crippen MR) is 96.4 cm³/mol. The number of nitrogens with one attached hydrogen (secondary N) is 1. The molecule has 1 unspecified atom stereocenters. The fourth-order valence-corrected chi connectivity index (χ4v) is 3.08. The molecule has 9 nitrogen and oxygen atoms in total. The van der Waals surface area contributed by atoms with Crippen LogP contribution < -0.4 is 5.32 Å². The molecule has 3 rings (SSSR count). The molecule has 0 saturated carbocycles. The topological polar surface area (TPSA) is 117 Å². The molecule has 0 radical (unpaired) electrons. The van der Waals surface area contributed by atoms with Gasteiger partial charge in [0.2, 0.25) is 5.91 Å². The number of nitrogens with zero attached hydrogens (tertiary/aromatic N) is 4. The van der Waals surface area contributed by atoms with Crippen molar-refractivity contribution in [2.45, 2.75) is 38.8 Å². The van der Waals surface area contributed by atoms with Crippen LogP contribution in [0.4, 0.5) is 5.69 Å². The highest BCUT2D eigenvalue weighted by Crippen LogP contribution is 2.20. The van der Waals surface area contributed by atoms with Gasteiger partial charge in [-0.2, -0.15) is 0 Å². The molecule has 1 aromatic carbocycles. The Bertz CT molecular complexity index is 846. The molecule has 2 aromatic rings. The summed E-state index contributed by atoms with van der Waals surface area (Å²) in [5.41, 5.74) is 0.906. The van der Waals surface area contributed by atoms with Crippen LogP contribution in [-0.4, -0.2) is 55.4 Å². The van der Waals surface area contributed by atoms with Gasteiger partial charge in [-0.05, 0) is 50.5 Å². The van der Waals surface area contributed by atoms with Gasteiger partial charge in [0.15, 0.2) is 5.69 Å². The second kappa shape index (κ2) is 7.98. The molecule has 1 aliphatic heterocycles. The van der Waals surface area contributed by atoms with Gasteiger partial charge in [0.05, 0.1) is 6.20 Å². The second-order valence-electron chi connectivity index (χ2n) is 6.58. The third-order valence-electron chi connectivity index (χ3n) is 4.54. The summed E-state index contributed by atoms with van der Waals surface area (Å²) in [7, 11) is 0. The van der Waals surface area contributed by atoms with E-state index in [1.165, 1.54) is 6.20 Å². The number of aromatic nitrogens is 3. The third kappa shape index (κ3) is 4.49. The Hall–Kier alpha value is -3.23. The van der Waals surface area contributed by atoms with Crippen molar-refractivity contribution in [1.29, 1.82) is 0 Å². The second-order valence-corrected chi connectivity index (χ2v) is 6.58. The van der Waals surface area contributed by atoms with Crippen LogP contribution in [0.5, 0.6) is 0 Å². The Morgan fingerprint density at radius 3 is 2.59 bits per heavy atom. The van der Waals surface area contributed by atoms with Crippen molar-refractivity contribution in [3.8, 4) is 0 Å². The fraction of sp³-hybridized carbons (Fsp3) is 0.389. The van der Waals surface area contributed by atoms with Crippen LogP contribution >= 0.6 is 0 Å². The van der Waals surface area contributed by atoms with Crippen LogP contribution in [0.15, 0.2) is 30.5 Å². The molecule has 2 N–H and O–H groups in total. The van der Waals surface area contributed by atoms with E-state index >= 15 is 0 Å². The van der Waals surface area contributed by atoms with Crippen molar-refractivity contribution >= 4 is 23.5 Å². The Balaban J connectivity index is 1.58. The van der Waals surface area contributed by atoms with E-state index in [2.05, 4.69) is 22.6 Å². The standard InChI is InChI=1S/C18H21N5O4/c1-12-4-2-3-9-23(12)17(25)13-5-7-14(8-6-13)19-16(24)11-22-10-15(18(26)27)20-21-22/h5-8,10,12H,2-4,9,11H2,1H3,(H,19,24)(H,26,27). The Morgan fingerprint density at radius 2 is 1.96 bits per heavy atom. The van der Waals surface area contributed by atoms with Crippen molar-refractivity contribution in [2.75, 3.05) is 11.9 Å². The molecule has 1 fully saturated rings. The number of carboxylic acids is 1. The Labute approximate surface area is 156 Å². The van der Waals surface area contributed by atoms with Gasteiger partial charge in [0.1, 0.15) is 6.54 Å². The first kappa shape index (κ1) is 18.6. The number of carbonyl (C=O) groups is 3. The van der Waals surface area contributed by atoms with Gasteiger partial charge in [-0.1, -0.05) is 5.21 Å². The summed E-state index contributed by atoms with van der Waals surface area (Å²) < 4.78 is 1.15. The number of likely N-dealkylation sites (tertiary alicyclic amines) is 1. The lowest BCUT2D eigenvalue weighted by molar-refractivity contribution is -0.116. The van der Waals surface area contributed by atoms with Gasteiger partial charge in [0.25, 0.3) is 5.91 Å². The van der Waals surface area contributed by atoms with Gasteiger partial charge in [0, 0.05) is 23.8 Å². The zero-order chi connectivity index (χ0) is 19.4. The molecule has 2 heterocycles. The van der Waals surface area contributed by atoms with E-state index in [0.717, 1.165) is 30.5 Å². The largest absolute Gasteiger partial charge is 0.476 e. The number of anilines is 1. The molecular weight excluding hydrogens is 350 g/mol. The number of rotatable bonds is 5. The van der Waals surface area contributed by atoms with Gasteiger partial charge < -0.3 is 15.3 Å². The number of amides is 2. The maximum Gasteiger partial charge on any atom is 0.358 e. The van der Waals surface area contributed by atoms with E-state index in [4.69, 9.17) is 5.11 Å². The number of hydrogen-bond acceptors (Lipinski definition) is 5. The van der Waals surface area contributed by atoms with Gasteiger partial charge in [-0.15, -0.1) is 5.10 Å². The zero-order valence-corrected chi connectivity index (χ0v) is 15.0. The summed E-state index contributed by atoms with van der Waals surface area (Å²) in [5, 5.41) is 18.5.